The first-order valence-corrected chi connectivity index (χ1v) is 7.51. The standard InChI is InChI=1S/C15H23N3OS/c1-11-6-4-7-12(2)18(11)17-15(20)16-13-8-5-9-14(10-13)19-3/h5,8-12H,4,6-7H2,1-3H3,(H2,16,17,20)/t11-,12-/m0/s1. The highest BCUT2D eigenvalue weighted by atomic mass is 32.1. The summed E-state index contributed by atoms with van der Waals surface area (Å²) >= 11 is 5.40. The van der Waals surface area contributed by atoms with E-state index < -0.39 is 0 Å². The summed E-state index contributed by atoms with van der Waals surface area (Å²) < 4.78 is 5.21. The molecule has 1 aromatic rings. The normalized spacial score (nSPS) is 23.1. The summed E-state index contributed by atoms with van der Waals surface area (Å²) in [5, 5.41) is 6.08. The second kappa shape index (κ2) is 6.90. The molecule has 1 saturated heterocycles. The average molecular weight is 293 g/mol. The van der Waals surface area contributed by atoms with Crippen molar-refractivity contribution in [2.45, 2.75) is 45.2 Å². The largest absolute Gasteiger partial charge is 0.497 e. The van der Waals surface area contributed by atoms with Crippen LogP contribution in [0.2, 0.25) is 0 Å². The fourth-order valence-corrected chi connectivity index (χ4v) is 2.84. The molecule has 110 valence electrons. The Balaban J connectivity index is 1.94. The van der Waals surface area contributed by atoms with Crippen LogP contribution in [-0.2, 0) is 0 Å². The lowest BCUT2D eigenvalue weighted by atomic mass is 10.00. The van der Waals surface area contributed by atoms with Crippen LogP contribution in [0.1, 0.15) is 33.1 Å². The second-order valence-electron chi connectivity index (χ2n) is 5.33. The summed E-state index contributed by atoms with van der Waals surface area (Å²) in [4.78, 5) is 0. The van der Waals surface area contributed by atoms with Gasteiger partial charge in [0, 0.05) is 23.8 Å². The van der Waals surface area contributed by atoms with Crippen molar-refractivity contribution in [2.24, 2.45) is 0 Å². The zero-order chi connectivity index (χ0) is 14.5. The van der Waals surface area contributed by atoms with Crippen molar-refractivity contribution in [3.8, 4) is 5.75 Å². The van der Waals surface area contributed by atoms with Crippen LogP contribution in [0.5, 0.6) is 5.75 Å². The van der Waals surface area contributed by atoms with Crippen LogP contribution in [0.4, 0.5) is 5.69 Å². The molecule has 2 atom stereocenters. The molecule has 1 aromatic carbocycles. The van der Waals surface area contributed by atoms with Gasteiger partial charge in [0.25, 0.3) is 0 Å². The van der Waals surface area contributed by atoms with Crippen LogP contribution in [0.3, 0.4) is 0 Å². The van der Waals surface area contributed by atoms with Crippen LogP contribution in [-0.4, -0.2) is 29.3 Å². The molecule has 20 heavy (non-hydrogen) atoms. The number of ether oxygens (including phenoxy) is 1. The first-order valence-electron chi connectivity index (χ1n) is 7.10. The van der Waals surface area contributed by atoms with Crippen molar-refractivity contribution in [1.29, 1.82) is 0 Å². The van der Waals surface area contributed by atoms with Gasteiger partial charge in [-0.3, -0.25) is 5.43 Å². The first-order chi connectivity index (χ1) is 9.60. The van der Waals surface area contributed by atoms with E-state index in [2.05, 4.69) is 29.6 Å². The van der Waals surface area contributed by atoms with Crippen molar-refractivity contribution >= 4 is 23.0 Å². The number of methoxy groups -OCH3 is 1. The van der Waals surface area contributed by atoms with Gasteiger partial charge < -0.3 is 10.1 Å². The Morgan fingerprint density at radius 2 is 2.00 bits per heavy atom. The Kier molecular flexibility index (Phi) is 5.20. The second-order valence-corrected chi connectivity index (χ2v) is 5.74. The molecule has 2 N–H and O–H groups in total. The molecule has 1 fully saturated rings. The monoisotopic (exact) mass is 293 g/mol. The Labute approximate surface area is 126 Å². The Morgan fingerprint density at radius 3 is 2.65 bits per heavy atom. The van der Waals surface area contributed by atoms with Gasteiger partial charge in [0.2, 0.25) is 0 Å². The SMILES string of the molecule is COc1cccc(NC(=S)NN2[C@@H](C)CCC[C@@H]2C)c1. The van der Waals surface area contributed by atoms with Gasteiger partial charge in [-0.15, -0.1) is 0 Å². The van der Waals surface area contributed by atoms with Gasteiger partial charge in [-0.1, -0.05) is 12.5 Å². The Hall–Kier alpha value is -1.33. The number of hydrogen-bond donors (Lipinski definition) is 2. The molecule has 0 spiro atoms. The molecule has 1 aliphatic rings. The molecule has 0 amide bonds. The molecule has 2 rings (SSSR count). The van der Waals surface area contributed by atoms with Gasteiger partial charge in [0.1, 0.15) is 5.75 Å². The third-order valence-electron chi connectivity index (χ3n) is 3.75. The fraction of sp³-hybridized carbons (Fsp3) is 0.533. The zero-order valence-electron chi connectivity index (χ0n) is 12.3. The lowest BCUT2D eigenvalue weighted by molar-refractivity contribution is 0.0750. The van der Waals surface area contributed by atoms with Crippen molar-refractivity contribution in [1.82, 2.24) is 10.4 Å². The Bertz CT molecular complexity index is 456. The smallest absolute Gasteiger partial charge is 0.185 e. The zero-order valence-corrected chi connectivity index (χ0v) is 13.2. The molecule has 0 radical (unpaired) electrons. The highest BCUT2D eigenvalue weighted by Gasteiger charge is 2.25. The number of thiocarbonyl (C=S) groups is 1. The maximum Gasteiger partial charge on any atom is 0.185 e. The minimum Gasteiger partial charge on any atom is -0.497 e. The van der Waals surface area contributed by atoms with E-state index in [1.54, 1.807) is 7.11 Å². The summed E-state index contributed by atoms with van der Waals surface area (Å²) in [5.74, 6) is 0.817. The summed E-state index contributed by atoms with van der Waals surface area (Å²) in [7, 11) is 1.66. The average Bonchev–Trinajstić information content (AvgIpc) is 2.43. The van der Waals surface area contributed by atoms with Gasteiger partial charge in [-0.2, -0.15) is 0 Å². The number of nitrogens with one attached hydrogen (secondary N) is 2. The number of rotatable bonds is 3. The summed E-state index contributed by atoms with van der Waals surface area (Å²) in [6, 6.07) is 8.76. The van der Waals surface area contributed by atoms with Crippen LogP contribution >= 0.6 is 12.2 Å². The topological polar surface area (TPSA) is 36.5 Å². The molecule has 4 nitrogen and oxygen atoms in total. The number of anilines is 1. The molecule has 0 saturated carbocycles. The van der Waals surface area contributed by atoms with Crippen LogP contribution in [0, 0.1) is 0 Å². The van der Waals surface area contributed by atoms with E-state index in [0.717, 1.165) is 11.4 Å². The van der Waals surface area contributed by atoms with Crippen molar-refractivity contribution < 1.29 is 4.74 Å². The van der Waals surface area contributed by atoms with E-state index in [-0.39, 0.29) is 0 Å². The van der Waals surface area contributed by atoms with Crippen LogP contribution in [0.25, 0.3) is 0 Å². The van der Waals surface area contributed by atoms with E-state index in [0.29, 0.717) is 17.2 Å². The van der Waals surface area contributed by atoms with E-state index in [9.17, 15) is 0 Å². The van der Waals surface area contributed by atoms with Crippen molar-refractivity contribution in [3.05, 3.63) is 24.3 Å². The van der Waals surface area contributed by atoms with Gasteiger partial charge >= 0.3 is 0 Å². The van der Waals surface area contributed by atoms with Gasteiger partial charge in [0.15, 0.2) is 5.11 Å². The fourth-order valence-electron chi connectivity index (χ4n) is 2.62. The minimum absolute atomic E-state index is 0.504. The molecule has 0 aliphatic carbocycles. The maximum atomic E-state index is 5.40. The van der Waals surface area contributed by atoms with Gasteiger partial charge in [-0.25, -0.2) is 5.01 Å². The quantitative estimate of drug-likeness (QED) is 0.837. The van der Waals surface area contributed by atoms with Crippen molar-refractivity contribution in [2.75, 3.05) is 12.4 Å². The summed E-state index contributed by atoms with van der Waals surface area (Å²) in [5.41, 5.74) is 4.25. The molecular weight excluding hydrogens is 270 g/mol. The number of nitrogens with zero attached hydrogens (tertiary/aromatic N) is 1. The van der Waals surface area contributed by atoms with Crippen LogP contribution < -0.4 is 15.5 Å². The lowest BCUT2D eigenvalue weighted by Crippen LogP contribution is -2.55. The third kappa shape index (κ3) is 3.84. The highest BCUT2D eigenvalue weighted by Crippen LogP contribution is 2.21. The van der Waals surface area contributed by atoms with Gasteiger partial charge in [0.05, 0.1) is 7.11 Å². The molecule has 1 aliphatic heterocycles. The maximum absolute atomic E-state index is 5.40. The van der Waals surface area contributed by atoms with Gasteiger partial charge in [-0.05, 0) is 51.0 Å². The van der Waals surface area contributed by atoms with E-state index in [1.165, 1.54) is 19.3 Å². The minimum atomic E-state index is 0.504. The number of benzene rings is 1. The Morgan fingerprint density at radius 1 is 1.30 bits per heavy atom. The molecular formula is C15H23N3OS. The lowest BCUT2D eigenvalue weighted by Gasteiger charge is -2.39. The number of hydrazine groups is 1. The molecule has 5 heteroatoms. The highest BCUT2D eigenvalue weighted by molar-refractivity contribution is 7.80. The number of piperidine rings is 1. The first kappa shape index (κ1) is 15.1. The van der Waals surface area contributed by atoms with Crippen LogP contribution in [0.15, 0.2) is 24.3 Å². The van der Waals surface area contributed by atoms with E-state index in [1.807, 2.05) is 24.3 Å². The number of hydrogen-bond acceptors (Lipinski definition) is 3. The van der Waals surface area contributed by atoms with Crippen molar-refractivity contribution in [3.63, 3.8) is 0 Å². The predicted molar refractivity (Wildman–Crippen MR) is 87.0 cm³/mol. The molecule has 0 bridgehead atoms. The summed E-state index contributed by atoms with van der Waals surface area (Å²) in [6.45, 7) is 4.47. The molecule has 0 aromatic heterocycles. The van der Waals surface area contributed by atoms with E-state index >= 15 is 0 Å². The summed E-state index contributed by atoms with van der Waals surface area (Å²) in [6.07, 6.45) is 3.70. The van der Waals surface area contributed by atoms with E-state index in [4.69, 9.17) is 17.0 Å². The molecule has 1 heterocycles. The molecule has 0 unspecified atom stereocenters. The third-order valence-corrected chi connectivity index (χ3v) is 3.95. The predicted octanol–water partition coefficient (Wildman–Crippen LogP) is 3.16.